The largest absolute Gasteiger partial charge is 0.455 e. The van der Waals surface area contributed by atoms with Crippen molar-refractivity contribution in [3.05, 3.63) is 48.0 Å². The van der Waals surface area contributed by atoms with Gasteiger partial charge in [0.15, 0.2) is 0 Å². The second-order valence-electron chi connectivity index (χ2n) is 4.11. The highest BCUT2D eigenvalue weighted by Gasteiger charge is 2.14. The normalized spacial score (nSPS) is 11.4. The van der Waals surface area contributed by atoms with E-state index in [0.717, 1.165) is 12.1 Å². The molecule has 21 heavy (non-hydrogen) atoms. The lowest BCUT2D eigenvalue weighted by Gasteiger charge is -2.10. The first kappa shape index (κ1) is 15.2. The van der Waals surface area contributed by atoms with E-state index >= 15 is 0 Å². The van der Waals surface area contributed by atoms with E-state index in [2.05, 4.69) is 4.72 Å². The quantitative estimate of drug-likeness (QED) is 0.848. The Kier molecular flexibility index (Phi) is 4.10. The van der Waals surface area contributed by atoms with E-state index in [0.29, 0.717) is 6.07 Å². The Hall–Kier alpha value is -2.19. The number of anilines is 1. The Morgan fingerprint density at radius 2 is 1.71 bits per heavy atom. The van der Waals surface area contributed by atoms with Crippen LogP contribution in [-0.4, -0.2) is 15.5 Å². The molecule has 2 aromatic carbocycles. The molecule has 0 spiro atoms. The third-order valence-corrected chi connectivity index (χ3v) is 4.04. The number of nitrogen functional groups attached to an aromatic ring is 1. The minimum atomic E-state index is -3.63. The van der Waals surface area contributed by atoms with Gasteiger partial charge in [-0.2, -0.15) is 0 Å². The van der Waals surface area contributed by atoms with Gasteiger partial charge in [-0.15, -0.1) is 0 Å². The van der Waals surface area contributed by atoms with Gasteiger partial charge in [-0.25, -0.2) is 21.9 Å². The molecule has 0 aliphatic rings. The second kappa shape index (κ2) is 5.66. The summed E-state index contributed by atoms with van der Waals surface area (Å²) in [5, 5.41) is 0. The fourth-order valence-corrected chi connectivity index (χ4v) is 2.38. The summed E-state index contributed by atoms with van der Waals surface area (Å²) < 4.78 is 56.7. The van der Waals surface area contributed by atoms with E-state index in [1.807, 2.05) is 0 Å². The Morgan fingerprint density at radius 1 is 1.10 bits per heavy atom. The van der Waals surface area contributed by atoms with Crippen LogP contribution in [0.3, 0.4) is 0 Å². The molecule has 8 heteroatoms. The highest BCUT2D eigenvalue weighted by atomic mass is 32.2. The summed E-state index contributed by atoms with van der Waals surface area (Å²) in [4.78, 5) is -0.0414. The van der Waals surface area contributed by atoms with E-state index in [1.165, 1.54) is 25.2 Å². The van der Waals surface area contributed by atoms with Crippen molar-refractivity contribution >= 4 is 15.7 Å². The van der Waals surface area contributed by atoms with E-state index < -0.39 is 21.7 Å². The lowest BCUT2D eigenvalue weighted by molar-refractivity contribution is 0.470. The molecule has 0 radical (unpaired) electrons. The first-order chi connectivity index (χ1) is 9.81. The van der Waals surface area contributed by atoms with Crippen LogP contribution in [0.25, 0.3) is 0 Å². The Morgan fingerprint density at radius 3 is 2.24 bits per heavy atom. The molecule has 0 fully saturated rings. The predicted molar refractivity (Wildman–Crippen MR) is 73.5 cm³/mol. The van der Waals surface area contributed by atoms with Gasteiger partial charge in [-0.05, 0) is 25.2 Å². The molecule has 0 unspecified atom stereocenters. The first-order valence-electron chi connectivity index (χ1n) is 5.79. The number of hydrogen-bond donors (Lipinski definition) is 2. The van der Waals surface area contributed by atoms with Crippen LogP contribution in [0, 0.1) is 11.6 Å². The highest BCUT2D eigenvalue weighted by Crippen LogP contribution is 2.30. The summed E-state index contributed by atoms with van der Waals surface area (Å²) in [7, 11) is -2.36. The Bertz CT molecular complexity index is 759. The summed E-state index contributed by atoms with van der Waals surface area (Å²) in [5.74, 6) is -1.57. The van der Waals surface area contributed by atoms with Gasteiger partial charge in [-0.1, -0.05) is 0 Å². The topological polar surface area (TPSA) is 81.4 Å². The fourth-order valence-electron chi connectivity index (χ4n) is 1.62. The van der Waals surface area contributed by atoms with Gasteiger partial charge < -0.3 is 10.5 Å². The lowest BCUT2D eigenvalue weighted by atomic mass is 10.3. The number of ether oxygens (including phenoxy) is 1. The van der Waals surface area contributed by atoms with Crippen LogP contribution in [0.1, 0.15) is 0 Å². The van der Waals surface area contributed by atoms with Gasteiger partial charge in [0.1, 0.15) is 23.1 Å². The Balaban J connectivity index is 2.34. The summed E-state index contributed by atoms with van der Waals surface area (Å²) in [6, 6.07) is 6.45. The molecule has 112 valence electrons. The number of nitrogens with two attached hydrogens (primary N) is 1. The van der Waals surface area contributed by atoms with Crippen LogP contribution in [-0.2, 0) is 10.0 Å². The van der Waals surface area contributed by atoms with Crippen LogP contribution >= 0.6 is 0 Å². The molecule has 0 saturated carbocycles. The van der Waals surface area contributed by atoms with E-state index in [4.69, 9.17) is 10.5 Å². The molecule has 0 bridgehead atoms. The molecule has 0 aliphatic carbocycles. The maximum atomic E-state index is 13.1. The van der Waals surface area contributed by atoms with Crippen LogP contribution in [0.5, 0.6) is 11.5 Å². The molecule has 0 aliphatic heterocycles. The third kappa shape index (κ3) is 3.47. The highest BCUT2D eigenvalue weighted by molar-refractivity contribution is 7.89. The minimum Gasteiger partial charge on any atom is -0.455 e. The van der Waals surface area contributed by atoms with Gasteiger partial charge >= 0.3 is 0 Å². The molecule has 5 nitrogen and oxygen atoms in total. The van der Waals surface area contributed by atoms with Crippen LogP contribution in [0.2, 0.25) is 0 Å². The average molecular weight is 314 g/mol. The second-order valence-corrected chi connectivity index (χ2v) is 6.00. The number of sulfonamides is 1. The summed E-state index contributed by atoms with van der Waals surface area (Å²) >= 11 is 0. The minimum absolute atomic E-state index is 0.0241. The van der Waals surface area contributed by atoms with Crippen molar-refractivity contribution in [1.29, 1.82) is 0 Å². The number of hydrogen-bond acceptors (Lipinski definition) is 4. The molecule has 0 saturated heterocycles. The predicted octanol–water partition coefficient (Wildman–Crippen LogP) is 2.25. The number of halogens is 2. The zero-order chi connectivity index (χ0) is 15.6. The van der Waals surface area contributed by atoms with Gasteiger partial charge in [0.2, 0.25) is 10.0 Å². The standard InChI is InChI=1S/C13H12F2N2O3S/c1-17-21(18,19)11-2-3-13(12(16)7-11)20-10-5-8(14)4-9(15)6-10/h2-7,17H,16H2,1H3. The zero-order valence-corrected chi connectivity index (χ0v) is 11.7. The summed E-state index contributed by atoms with van der Waals surface area (Å²) in [6.45, 7) is 0. The van der Waals surface area contributed by atoms with Crippen LogP contribution < -0.4 is 15.2 Å². The number of benzene rings is 2. The molecule has 3 N–H and O–H groups in total. The van der Waals surface area contributed by atoms with Crippen LogP contribution in [0.15, 0.2) is 41.3 Å². The first-order valence-corrected chi connectivity index (χ1v) is 7.27. The van der Waals surface area contributed by atoms with Gasteiger partial charge in [-0.3, -0.25) is 0 Å². The fraction of sp³-hybridized carbons (Fsp3) is 0.0769. The molecular formula is C13H12F2N2O3S. The maximum absolute atomic E-state index is 13.1. The van der Waals surface area contributed by atoms with E-state index in [1.54, 1.807) is 0 Å². The molecule has 2 aromatic rings. The van der Waals surface area contributed by atoms with Crippen LogP contribution in [0.4, 0.5) is 14.5 Å². The van der Waals surface area contributed by atoms with Crippen molar-refractivity contribution in [2.45, 2.75) is 4.90 Å². The molecule has 0 aromatic heterocycles. The lowest BCUT2D eigenvalue weighted by Crippen LogP contribution is -2.18. The molecule has 0 atom stereocenters. The maximum Gasteiger partial charge on any atom is 0.240 e. The van der Waals surface area contributed by atoms with Crippen molar-refractivity contribution in [2.75, 3.05) is 12.8 Å². The van der Waals surface area contributed by atoms with Crippen molar-refractivity contribution in [3.63, 3.8) is 0 Å². The zero-order valence-electron chi connectivity index (χ0n) is 10.9. The van der Waals surface area contributed by atoms with Crippen molar-refractivity contribution in [3.8, 4) is 11.5 Å². The molecule has 0 amide bonds. The van der Waals surface area contributed by atoms with E-state index in [9.17, 15) is 17.2 Å². The molecule has 0 heterocycles. The number of nitrogens with one attached hydrogen (secondary N) is 1. The van der Waals surface area contributed by atoms with E-state index in [-0.39, 0.29) is 22.1 Å². The van der Waals surface area contributed by atoms with Gasteiger partial charge in [0.25, 0.3) is 0 Å². The molecular weight excluding hydrogens is 302 g/mol. The monoisotopic (exact) mass is 314 g/mol. The molecule has 2 rings (SSSR count). The smallest absolute Gasteiger partial charge is 0.240 e. The van der Waals surface area contributed by atoms with Gasteiger partial charge in [0.05, 0.1) is 10.6 Å². The van der Waals surface area contributed by atoms with Gasteiger partial charge in [0, 0.05) is 18.2 Å². The third-order valence-electron chi connectivity index (χ3n) is 2.62. The van der Waals surface area contributed by atoms with Crippen molar-refractivity contribution in [1.82, 2.24) is 4.72 Å². The Labute approximate surface area is 120 Å². The SMILES string of the molecule is CNS(=O)(=O)c1ccc(Oc2cc(F)cc(F)c2)c(N)c1. The number of rotatable bonds is 4. The summed E-state index contributed by atoms with van der Waals surface area (Å²) in [5.41, 5.74) is 5.72. The van der Waals surface area contributed by atoms with Crippen molar-refractivity contribution in [2.24, 2.45) is 0 Å². The average Bonchev–Trinajstić information content (AvgIpc) is 2.40. The summed E-state index contributed by atoms with van der Waals surface area (Å²) in [6.07, 6.45) is 0. The van der Waals surface area contributed by atoms with Crippen molar-refractivity contribution < 1.29 is 21.9 Å².